The van der Waals surface area contributed by atoms with Crippen molar-refractivity contribution in [2.75, 3.05) is 13.1 Å². The van der Waals surface area contributed by atoms with Gasteiger partial charge in [0.2, 0.25) is 5.91 Å². The third kappa shape index (κ3) is 3.88. The van der Waals surface area contributed by atoms with Crippen LogP contribution in [0.25, 0.3) is 0 Å². The summed E-state index contributed by atoms with van der Waals surface area (Å²) in [4.78, 5) is 11.1. The van der Waals surface area contributed by atoms with Crippen LogP contribution in [0.2, 0.25) is 0 Å². The average molecular weight is 224 g/mol. The normalized spacial score (nSPS) is 12.1. The number of hydrogen-bond donors (Lipinski definition) is 4. The molecule has 0 aliphatic rings. The highest BCUT2D eigenvalue weighted by Gasteiger charge is 2.08. The molecule has 5 heteroatoms. The number of aliphatic hydroxyl groups excluding tert-OH is 1. The molecular formula is C11H16N2O3. The zero-order valence-corrected chi connectivity index (χ0v) is 8.89. The molecular weight excluding hydrogens is 208 g/mol. The molecule has 1 rings (SSSR count). The lowest BCUT2D eigenvalue weighted by atomic mass is 10.1. The van der Waals surface area contributed by atoms with Crippen molar-refractivity contribution in [3.8, 4) is 5.75 Å². The molecule has 5 nitrogen and oxygen atoms in total. The van der Waals surface area contributed by atoms with Crippen LogP contribution in [0, 0.1) is 0 Å². The Kier molecular flexibility index (Phi) is 4.75. The van der Waals surface area contributed by atoms with Gasteiger partial charge in [-0.25, -0.2) is 0 Å². The molecule has 16 heavy (non-hydrogen) atoms. The van der Waals surface area contributed by atoms with Crippen LogP contribution in [0.5, 0.6) is 5.75 Å². The lowest BCUT2D eigenvalue weighted by Crippen LogP contribution is -2.29. The maximum Gasteiger partial charge on any atom is 0.221 e. The first kappa shape index (κ1) is 12.5. The molecule has 0 saturated heterocycles. The van der Waals surface area contributed by atoms with Crippen LogP contribution in [0.3, 0.4) is 0 Å². The minimum Gasteiger partial charge on any atom is -0.508 e. The van der Waals surface area contributed by atoms with Crippen molar-refractivity contribution in [1.82, 2.24) is 5.32 Å². The van der Waals surface area contributed by atoms with Crippen LogP contribution < -0.4 is 11.1 Å². The summed E-state index contributed by atoms with van der Waals surface area (Å²) in [6, 6.07) is 6.19. The van der Waals surface area contributed by atoms with E-state index in [-0.39, 0.29) is 24.6 Å². The minimum absolute atomic E-state index is 0.142. The highest BCUT2D eigenvalue weighted by molar-refractivity contribution is 5.76. The van der Waals surface area contributed by atoms with Crippen LogP contribution in [0.4, 0.5) is 0 Å². The summed E-state index contributed by atoms with van der Waals surface area (Å²) in [5.74, 6) is -0.0385. The van der Waals surface area contributed by atoms with Crippen LogP contribution in [-0.2, 0) is 4.79 Å². The Labute approximate surface area is 93.9 Å². The summed E-state index contributed by atoms with van der Waals surface area (Å²) in [7, 11) is 0. The van der Waals surface area contributed by atoms with E-state index in [2.05, 4.69) is 5.32 Å². The van der Waals surface area contributed by atoms with Crippen LogP contribution in [0.1, 0.15) is 18.1 Å². The Bertz CT molecular complexity index is 338. The minimum atomic E-state index is -0.776. The number of carbonyl (C=O) groups is 1. The molecule has 0 saturated carbocycles. The molecule has 1 aromatic carbocycles. The van der Waals surface area contributed by atoms with Gasteiger partial charge < -0.3 is 21.3 Å². The third-order valence-corrected chi connectivity index (χ3v) is 2.14. The van der Waals surface area contributed by atoms with Crippen LogP contribution in [-0.4, -0.2) is 29.2 Å². The zero-order chi connectivity index (χ0) is 12.0. The van der Waals surface area contributed by atoms with E-state index in [1.807, 2.05) is 0 Å². The number of nitrogens with one attached hydrogen (secondary N) is 1. The molecule has 5 N–H and O–H groups in total. The van der Waals surface area contributed by atoms with Gasteiger partial charge in [0.25, 0.3) is 0 Å². The van der Waals surface area contributed by atoms with Gasteiger partial charge in [-0.05, 0) is 17.7 Å². The van der Waals surface area contributed by atoms with Gasteiger partial charge in [0.15, 0.2) is 0 Å². The smallest absolute Gasteiger partial charge is 0.221 e. The van der Waals surface area contributed by atoms with Crippen molar-refractivity contribution in [2.45, 2.75) is 12.5 Å². The molecule has 1 aromatic rings. The maximum atomic E-state index is 11.1. The fourth-order valence-corrected chi connectivity index (χ4v) is 1.24. The molecule has 88 valence electrons. The van der Waals surface area contributed by atoms with Gasteiger partial charge in [-0.2, -0.15) is 0 Å². The number of rotatable bonds is 5. The zero-order valence-electron chi connectivity index (χ0n) is 8.89. The van der Waals surface area contributed by atoms with Gasteiger partial charge in [-0.3, -0.25) is 4.79 Å². The van der Waals surface area contributed by atoms with Crippen LogP contribution in [0.15, 0.2) is 24.3 Å². The Morgan fingerprint density at radius 2 is 2.00 bits per heavy atom. The Hall–Kier alpha value is -1.59. The first-order valence-corrected chi connectivity index (χ1v) is 5.07. The molecule has 0 aliphatic heterocycles. The van der Waals surface area contributed by atoms with Gasteiger partial charge in [-0.1, -0.05) is 12.1 Å². The van der Waals surface area contributed by atoms with Crippen molar-refractivity contribution in [3.63, 3.8) is 0 Å². The van der Waals surface area contributed by atoms with E-state index in [1.54, 1.807) is 12.1 Å². The maximum absolute atomic E-state index is 11.1. The molecule has 0 bridgehead atoms. The monoisotopic (exact) mass is 224 g/mol. The highest BCUT2D eigenvalue weighted by Crippen LogP contribution is 2.15. The van der Waals surface area contributed by atoms with Crippen LogP contribution >= 0.6 is 0 Å². The predicted molar refractivity (Wildman–Crippen MR) is 59.7 cm³/mol. The number of nitrogens with two attached hydrogens (primary N) is 1. The Morgan fingerprint density at radius 3 is 2.56 bits per heavy atom. The number of aromatic hydroxyl groups is 1. The lowest BCUT2D eigenvalue weighted by molar-refractivity contribution is -0.121. The summed E-state index contributed by atoms with van der Waals surface area (Å²) < 4.78 is 0. The molecule has 1 amide bonds. The molecule has 1 atom stereocenters. The lowest BCUT2D eigenvalue weighted by Gasteiger charge is -2.12. The molecule has 0 heterocycles. The second-order valence-electron chi connectivity index (χ2n) is 3.45. The summed E-state index contributed by atoms with van der Waals surface area (Å²) in [5, 5.41) is 21.3. The summed E-state index contributed by atoms with van der Waals surface area (Å²) in [6.45, 7) is 0.435. The van der Waals surface area contributed by atoms with E-state index in [0.29, 0.717) is 12.1 Å². The van der Waals surface area contributed by atoms with Crippen molar-refractivity contribution < 1.29 is 15.0 Å². The van der Waals surface area contributed by atoms with Gasteiger partial charge in [0, 0.05) is 19.5 Å². The van der Waals surface area contributed by atoms with Crippen molar-refractivity contribution in [1.29, 1.82) is 0 Å². The van der Waals surface area contributed by atoms with Crippen molar-refractivity contribution in [2.24, 2.45) is 5.73 Å². The number of aliphatic hydroxyl groups is 1. The number of amides is 1. The predicted octanol–water partition coefficient (Wildman–Crippen LogP) is -0.109. The third-order valence-electron chi connectivity index (χ3n) is 2.14. The summed E-state index contributed by atoms with van der Waals surface area (Å²) in [5.41, 5.74) is 5.86. The van der Waals surface area contributed by atoms with Gasteiger partial charge in [-0.15, -0.1) is 0 Å². The van der Waals surface area contributed by atoms with E-state index in [1.165, 1.54) is 12.1 Å². The fraction of sp³-hybridized carbons (Fsp3) is 0.364. The van der Waals surface area contributed by atoms with E-state index >= 15 is 0 Å². The number of carbonyl (C=O) groups excluding carboxylic acids is 1. The molecule has 0 fully saturated rings. The van der Waals surface area contributed by atoms with E-state index in [0.717, 1.165) is 0 Å². The number of benzene rings is 1. The number of phenols is 1. The van der Waals surface area contributed by atoms with Crippen molar-refractivity contribution in [3.05, 3.63) is 29.8 Å². The van der Waals surface area contributed by atoms with Gasteiger partial charge >= 0.3 is 0 Å². The van der Waals surface area contributed by atoms with Gasteiger partial charge in [0.05, 0.1) is 6.10 Å². The van der Waals surface area contributed by atoms with E-state index < -0.39 is 6.10 Å². The molecule has 0 spiro atoms. The topological polar surface area (TPSA) is 95.6 Å². The van der Waals surface area contributed by atoms with Crippen molar-refractivity contribution >= 4 is 5.91 Å². The molecule has 0 aliphatic carbocycles. The van der Waals surface area contributed by atoms with E-state index in [9.17, 15) is 9.90 Å². The standard InChI is InChI=1S/C11H16N2O3/c12-6-5-11(16)13-7-10(15)8-1-3-9(14)4-2-8/h1-4,10,14-15H,5-7,12H2,(H,13,16). The largest absolute Gasteiger partial charge is 0.508 e. The summed E-state index contributed by atoms with van der Waals surface area (Å²) >= 11 is 0. The Balaban J connectivity index is 2.43. The fourth-order valence-electron chi connectivity index (χ4n) is 1.24. The molecule has 0 aromatic heterocycles. The quantitative estimate of drug-likeness (QED) is 0.561. The Morgan fingerprint density at radius 1 is 1.38 bits per heavy atom. The molecule has 1 unspecified atom stereocenters. The average Bonchev–Trinajstić information content (AvgIpc) is 2.27. The number of phenolic OH excluding ortho intramolecular Hbond substituents is 1. The first-order chi connectivity index (χ1) is 7.63. The van der Waals surface area contributed by atoms with Gasteiger partial charge in [0.1, 0.15) is 5.75 Å². The first-order valence-electron chi connectivity index (χ1n) is 5.07. The second-order valence-corrected chi connectivity index (χ2v) is 3.45. The molecule has 0 radical (unpaired) electrons. The SMILES string of the molecule is NCCC(=O)NCC(O)c1ccc(O)cc1. The second kappa shape index (κ2) is 6.09. The van der Waals surface area contributed by atoms with E-state index in [4.69, 9.17) is 10.8 Å². The number of hydrogen-bond acceptors (Lipinski definition) is 4. The highest BCUT2D eigenvalue weighted by atomic mass is 16.3. The summed E-state index contributed by atoms with van der Waals surface area (Å²) in [6.07, 6.45) is -0.523.